The van der Waals surface area contributed by atoms with Gasteiger partial charge in [0.25, 0.3) is 0 Å². The van der Waals surface area contributed by atoms with Gasteiger partial charge in [-0.05, 0) is 5.41 Å². The molecule has 0 aromatic carbocycles. The molecule has 0 spiro atoms. The Balaban J connectivity index is 2.35. The summed E-state index contributed by atoms with van der Waals surface area (Å²) >= 11 is 0. The predicted molar refractivity (Wildman–Crippen MR) is 48.2 cm³/mol. The van der Waals surface area contributed by atoms with Gasteiger partial charge >= 0.3 is 0 Å². The van der Waals surface area contributed by atoms with Crippen molar-refractivity contribution in [2.45, 2.75) is 33.4 Å². The Kier molecular flexibility index (Phi) is 1.87. The summed E-state index contributed by atoms with van der Waals surface area (Å²) < 4.78 is 7.29. The van der Waals surface area contributed by atoms with E-state index in [-0.39, 0.29) is 5.41 Å². The molecule has 1 unspecified atom stereocenters. The fourth-order valence-electron chi connectivity index (χ4n) is 1.61. The van der Waals surface area contributed by atoms with Crippen LogP contribution in [0.1, 0.15) is 32.5 Å². The molecule has 2 rings (SSSR count). The average molecular weight is 181 g/mol. The van der Waals surface area contributed by atoms with Crippen LogP contribution >= 0.6 is 0 Å². The van der Waals surface area contributed by atoms with Crippen LogP contribution in [0.25, 0.3) is 0 Å². The number of ether oxygens (including phenoxy) is 1. The summed E-state index contributed by atoms with van der Waals surface area (Å²) in [6, 6.07) is 0. The molecule has 0 saturated carbocycles. The normalized spacial score (nSPS) is 22.8. The number of hydrogen-bond donors (Lipinski definition) is 0. The molecule has 2 heterocycles. The zero-order valence-corrected chi connectivity index (χ0v) is 8.32. The molecule has 1 aromatic heterocycles. The lowest BCUT2D eigenvalue weighted by Crippen LogP contribution is -2.31. The van der Waals surface area contributed by atoms with Crippen molar-refractivity contribution < 1.29 is 4.74 Å². The van der Waals surface area contributed by atoms with Crippen molar-refractivity contribution in [1.29, 1.82) is 0 Å². The van der Waals surface area contributed by atoms with Crippen LogP contribution < -0.4 is 0 Å². The first-order valence-electron chi connectivity index (χ1n) is 4.54. The minimum Gasteiger partial charge on any atom is -0.358 e. The highest BCUT2D eigenvalue weighted by Crippen LogP contribution is 2.35. The first-order chi connectivity index (χ1) is 6.09. The number of fused-ring (bicyclic) bond motifs is 1. The molecule has 0 bridgehead atoms. The Morgan fingerprint density at radius 3 is 3.00 bits per heavy atom. The van der Waals surface area contributed by atoms with Crippen LogP contribution in [0, 0.1) is 5.41 Å². The van der Waals surface area contributed by atoms with Crippen LogP contribution in [0.15, 0.2) is 6.33 Å². The van der Waals surface area contributed by atoms with Crippen molar-refractivity contribution in [2.75, 3.05) is 6.61 Å². The first-order valence-corrected chi connectivity index (χ1v) is 4.54. The standard InChI is InChI=1S/C9H15N3O/c1-9(2,3)7-4-13-6-12-8(7)10-5-11-12/h5,7H,4,6H2,1-3H3. The van der Waals surface area contributed by atoms with Gasteiger partial charge in [-0.25, -0.2) is 9.67 Å². The summed E-state index contributed by atoms with van der Waals surface area (Å²) in [7, 11) is 0. The molecule has 0 radical (unpaired) electrons. The lowest BCUT2D eigenvalue weighted by molar-refractivity contribution is 0.00398. The summed E-state index contributed by atoms with van der Waals surface area (Å²) in [5.41, 5.74) is 0.186. The summed E-state index contributed by atoms with van der Waals surface area (Å²) in [5, 5.41) is 4.10. The van der Waals surface area contributed by atoms with Gasteiger partial charge in [0.05, 0.1) is 6.61 Å². The molecule has 13 heavy (non-hydrogen) atoms. The molecule has 0 aliphatic carbocycles. The lowest BCUT2D eigenvalue weighted by Gasteiger charge is -2.32. The Labute approximate surface area is 77.9 Å². The lowest BCUT2D eigenvalue weighted by atomic mass is 9.80. The summed E-state index contributed by atoms with van der Waals surface area (Å²) in [6.45, 7) is 7.90. The van der Waals surface area contributed by atoms with Crippen LogP contribution in [0.2, 0.25) is 0 Å². The predicted octanol–water partition coefficient (Wildman–Crippen LogP) is 1.40. The molecule has 0 amide bonds. The maximum atomic E-state index is 5.45. The van der Waals surface area contributed by atoms with Gasteiger partial charge in [-0.15, -0.1) is 0 Å². The SMILES string of the molecule is CC(C)(C)C1COCn2ncnc21. The van der Waals surface area contributed by atoms with Gasteiger partial charge in [-0.2, -0.15) is 5.10 Å². The van der Waals surface area contributed by atoms with Crippen molar-refractivity contribution >= 4 is 0 Å². The maximum absolute atomic E-state index is 5.45. The minimum atomic E-state index is 0.186. The second kappa shape index (κ2) is 2.80. The first kappa shape index (κ1) is 8.69. The number of aromatic nitrogens is 3. The number of rotatable bonds is 0. The van der Waals surface area contributed by atoms with Gasteiger partial charge < -0.3 is 4.74 Å². The third-order valence-electron chi connectivity index (χ3n) is 2.50. The second-order valence-corrected chi connectivity index (χ2v) is 4.54. The van der Waals surface area contributed by atoms with Crippen LogP contribution in [0.4, 0.5) is 0 Å². The molecule has 0 saturated heterocycles. The molecule has 1 aromatic rings. The molecule has 1 aliphatic rings. The quantitative estimate of drug-likeness (QED) is 0.607. The molecule has 4 heteroatoms. The zero-order valence-electron chi connectivity index (χ0n) is 8.32. The summed E-state index contributed by atoms with van der Waals surface area (Å²) in [4.78, 5) is 4.28. The van der Waals surface area contributed by atoms with E-state index < -0.39 is 0 Å². The molecule has 4 nitrogen and oxygen atoms in total. The van der Waals surface area contributed by atoms with Crippen molar-refractivity contribution in [3.8, 4) is 0 Å². The van der Waals surface area contributed by atoms with Crippen LogP contribution in [0.3, 0.4) is 0 Å². The third-order valence-corrected chi connectivity index (χ3v) is 2.50. The highest BCUT2D eigenvalue weighted by Gasteiger charge is 2.32. The van der Waals surface area contributed by atoms with Crippen molar-refractivity contribution in [2.24, 2.45) is 5.41 Å². The topological polar surface area (TPSA) is 39.9 Å². The molecular weight excluding hydrogens is 166 g/mol. The van der Waals surface area contributed by atoms with Crippen LogP contribution in [-0.4, -0.2) is 21.4 Å². The Hall–Kier alpha value is -0.900. The van der Waals surface area contributed by atoms with E-state index in [2.05, 4.69) is 30.9 Å². The molecule has 0 fully saturated rings. The summed E-state index contributed by atoms with van der Waals surface area (Å²) in [5.74, 6) is 1.41. The fraction of sp³-hybridized carbons (Fsp3) is 0.778. The highest BCUT2D eigenvalue weighted by atomic mass is 16.5. The third kappa shape index (κ3) is 1.46. The molecule has 0 N–H and O–H groups in total. The molecule has 1 atom stereocenters. The molecule has 72 valence electrons. The number of hydrogen-bond acceptors (Lipinski definition) is 3. The van der Waals surface area contributed by atoms with Gasteiger partial charge in [-0.3, -0.25) is 0 Å². The van der Waals surface area contributed by atoms with Gasteiger partial charge in [-0.1, -0.05) is 20.8 Å². The van der Waals surface area contributed by atoms with Crippen molar-refractivity contribution in [3.05, 3.63) is 12.2 Å². The second-order valence-electron chi connectivity index (χ2n) is 4.54. The van der Waals surface area contributed by atoms with E-state index >= 15 is 0 Å². The summed E-state index contributed by atoms with van der Waals surface area (Å²) in [6.07, 6.45) is 1.60. The van der Waals surface area contributed by atoms with E-state index in [0.29, 0.717) is 12.6 Å². The largest absolute Gasteiger partial charge is 0.358 e. The number of nitrogens with zero attached hydrogens (tertiary/aromatic N) is 3. The van der Waals surface area contributed by atoms with E-state index in [1.165, 1.54) is 0 Å². The Morgan fingerprint density at radius 2 is 2.31 bits per heavy atom. The average Bonchev–Trinajstić information content (AvgIpc) is 2.48. The zero-order chi connectivity index (χ0) is 9.47. The van der Waals surface area contributed by atoms with E-state index in [1.54, 1.807) is 6.33 Å². The maximum Gasteiger partial charge on any atom is 0.141 e. The van der Waals surface area contributed by atoms with Gasteiger partial charge in [0, 0.05) is 5.92 Å². The monoisotopic (exact) mass is 181 g/mol. The van der Waals surface area contributed by atoms with Crippen LogP contribution in [0.5, 0.6) is 0 Å². The van der Waals surface area contributed by atoms with Gasteiger partial charge in [0.15, 0.2) is 0 Å². The van der Waals surface area contributed by atoms with Gasteiger partial charge in [0.1, 0.15) is 18.9 Å². The van der Waals surface area contributed by atoms with E-state index in [0.717, 1.165) is 12.4 Å². The van der Waals surface area contributed by atoms with E-state index in [9.17, 15) is 0 Å². The Bertz CT molecular complexity index is 300. The van der Waals surface area contributed by atoms with E-state index in [1.807, 2.05) is 4.68 Å². The molecular formula is C9H15N3O. The van der Waals surface area contributed by atoms with Crippen molar-refractivity contribution in [1.82, 2.24) is 14.8 Å². The smallest absolute Gasteiger partial charge is 0.141 e. The minimum absolute atomic E-state index is 0.186. The van der Waals surface area contributed by atoms with Crippen molar-refractivity contribution in [3.63, 3.8) is 0 Å². The highest BCUT2D eigenvalue weighted by molar-refractivity contribution is 5.02. The van der Waals surface area contributed by atoms with Gasteiger partial charge in [0.2, 0.25) is 0 Å². The van der Waals surface area contributed by atoms with E-state index in [4.69, 9.17) is 4.74 Å². The molecule has 1 aliphatic heterocycles. The Morgan fingerprint density at radius 1 is 1.54 bits per heavy atom. The fourth-order valence-corrected chi connectivity index (χ4v) is 1.61. The van der Waals surface area contributed by atoms with Crippen LogP contribution in [-0.2, 0) is 11.5 Å².